The number of phenolic OH excluding ortho intramolecular Hbond substituents is 2. The standard InChI is InChI=1S/C20H22BrN3O5/c1-29-14-9-10(8-12(21)19(14)27)18-15-16(11-4-2-3-5-13(11)26)22-23-17(15)20(28)24(18)6-7-25/h2-5,8-9,15-18,22-23,25-27H,6-7H2,1H3. The van der Waals surface area contributed by atoms with Crippen LogP contribution in [0.4, 0.5) is 0 Å². The number of β-amino-alcohol motifs (C(OH)–C–C–N with tert-alkyl or cyclic N) is 1. The molecule has 154 valence electrons. The summed E-state index contributed by atoms with van der Waals surface area (Å²) in [5.41, 5.74) is 7.65. The highest BCUT2D eigenvalue weighted by atomic mass is 79.9. The van der Waals surface area contributed by atoms with Gasteiger partial charge in [0, 0.05) is 18.0 Å². The first-order valence-corrected chi connectivity index (χ1v) is 10.0. The predicted molar refractivity (Wildman–Crippen MR) is 108 cm³/mol. The number of methoxy groups -OCH3 is 1. The molecule has 8 nitrogen and oxygen atoms in total. The highest BCUT2D eigenvalue weighted by Gasteiger charge is 2.55. The second kappa shape index (κ2) is 7.83. The van der Waals surface area contributed by atoms with Crippen molar-refractivity contribution in [1.29, 1.82) is 0 Å². The lowest BCUT2D eigenvalue weighted by atomic mass is 9.83. The van der Waals surface area contributed by atoms with Crippen molar-refractivity contribution in [2.24, 2.45) is 5.92 Å². The number of fused-ring (bicyclic) bond motifs is 1. The van der Waals surface area contributed by atoms with Gasteiger partial charge in [-0.2, -0.15) is 0 Å². The van der Waals surface area contributed by atoms with Crippen LogP contribution in [0.15, 0.2) is 40.9 Å². The van der Waals surface area contributed by atoms with Gasteiger partial charge >= 0.3 is 0 Å². The zero-order chi connectivity index (χ0) is 20.7. The van der Waals surface area contributed by atoms with Gasteiger partial charge in [0.15, 0.2) is 11.5 Å². The van der Waals surface area contributed by atoms with Gasteiger partial charge in [-0.05, 0) is 39.7 Å². The number of carbonyl (C=O) groups is 1. The second-order valence-corrected chi connectivity index (χ2v) is 7.99. The number of likely N-dealkylation sites (tertiary alicyclic amines) is 1. The predicted octanol–water partition coefficient (Wildman–Crippen LogP) is 1.58. The van der Waals surface area contributed by atoms with Crippen LogP contribution in [-0.4, -0.2) is 52.4 Å². The number of amides is 1. The van der Waals surface area contributed by atoms with Gasteiger partial charge in [0.05, 0.1) is 30.3 Å². The molecule has 0 aromatic heterocycles. The second-order valence-electron chi connectivity index (χ2n) is 7.13. The molecule has 2 aliphatic heterocycles. The Bertz CT molecular complexity index is 940. The molecule has 2 saturated heterocycles. The molecule has 4 atom stereocenters. The molecule has 4 unspecified atom stereocenters. The van der Waals surface area contributed by atoms with Crippen LogP contribution in [0.25, 0.3) is 0 Å². The number of phenols is 2. The SMILES string of the molecule is COc1cc(C2C3C(NNC3c3ccccc3O)C(=O)N2CCO)cc(Br)c1O. The maximum absolute atomic E-state index is 13.1. The summed E-state index contributed by atoms with van der Waals surface area (Å²) in [5, 5.41) is 30.1. The van der Waals surface area contributed by atoms with Crippen LogP contribution in [0.5, 0.6) is 17.2 Å². The lowest BCUT2D eigenvalue weighted by Crippen LogP contribution is -2.42. The molecule has 2 heterocycles. The Labute approximate surface area is 176 Å². The van der Waals surface area contributed by atoms with Crippen molar-refractivity contribution in [3.05, 3.63) is 52.0 Å². The molecule has 2 fully saturated rings. The maximum Gasteiger partial charge on any atom is 0.242 e. The third-order valence-electron chi connectivity index (χ3n) is 5.64. The van der Waals surface area contributed by atoms with Gasteiger partial charge in [-0.1, -0.05) is 18.2 Å². The first-order valence-electron chi connectivity index (χ1n) is 9.24. The minimum Gasteiger partial charge on any atom is -0.508 e. The molecular formula is C20H22BrN3O5. The summed E-state index contributed by atoms with van der Waals surface area (Å²) in [4.78, 5) is 14.7. The van der Waals surface area contributed by atoms with Crippen molar-refractivity contribution in [3.8, 4) is 17.2 Å². The third-order valence-corrected chi connectivity index (χ3v) is 6.24. The normalized spacial score (nSPS) is 26.0. The Hall–Kier alpha value is -2.33. The summed E-state index contributed by atoms with van der Waals surface area (Å²) in [7, 11) is 1.46. The van der Waals surface area contributed by atoms with Gasteiger partial charge in [0.2, 0.25) is 5.91 Å². The number of nitrogens with one attached hydrogen (secondary N) is 2. The van der Waals surface area contributed by atoms with Gasteiger partial charge in [-0.25, -0.2) is 10.9 Å². The summed E-state index contributed by atoms with van der Waals surface area (Å²) in [5.74, 6) is 0.00728. The molecular weight excluding hydrogens is 442 g/mol. The van der Waals surface area contributed by atoms with Crippen molar-refractivity contribution in [3.63, 3.8) is 0 Å². The molecule has 2 aromatic rings. The first kappa shape index (κ1) is 20.0. The largest absolute Gasteiger partial charge is 0.508 e. The van der Waals surface area contributed by atoms with Gasteiger partial charge in [0.1, 0.15) is 11.8 Å². The Morgan fingerprint density at radius 1 is 1.17 bits per heavy atom. The van der Waals surface area contributed by atoms with E-state index in [0.29, 0.717) is 10.0 Å². The number of nitrogens with zero attached hydrogens (tertiary/aromatic N) is 1. The zero-order valence-corrected chi connectivity index (χ0v) is 17.3. The first-order chi connectivity index (χ1) is 14.0. The fraction of sp³-hybridized carbons (Fsp3) is 0.350. The molecule has 2 aromatic carbocycles. The minimum absolute atomic E-state index is 0.0224. The summed E-state index contributed by atoms with van der Waals surface area (Å²) in [6.07, 6.45) is 0. The van der Waals surface area contributed by atoms with Crippen LogP contribution in [0.1, 0.15) is 23.2 Å². The summed E-state index contributed by atoms with van der Waals surface area (Å²) in [6, 6.07) is 9.21. The molecule has 0 saturated carbocycles. The topological polar surface area (TPSA) is 114 Å². The van der Waals surface area contributed by atoms with E-state index in [9.17, 15) is 20.1 Å². The Morgan fingerprint density at radius 2 is 1.90 bits per heavy atom. The molecule has 0 aliphatic carbocycles. The zero-order valence-electron chi connectivity index (χ0n) is 15.7. The summed E-state index contributed by atoms with van der Waals surface area (Å²) < 4.78 is 5.73. The lowest BCUT2D eigenvalue weighted by Gasteiger charge is -2.31. The van der Waals surface area contributed by atoms with E-state index in [1.807, 2.05) is 12.1 Å². The van der Waals surface area contributed by atoms with Gasteiger partial charge in [-0.15, -0.1) is 0 Å². The van der Waals surface area contributed by atoms with Crippen LogP contribution >= 0.6 is 15.9 Å². The van der Waals surface area contributed by atoms with Crippen LogP contribution in [-0.2, 0) is 4.79 Å². The minimum atomic E-state index is -0.519. The average Bonchev–Trinajstić information content (AvgIpc) is 3.24. The molecule has 0 spiro atoms. The molecule has 9 heteroatoms. The van der Waals surface area contributed by atoms with E-state index >= 15 is 0 Å². The molecule has 0 bridgehead atoms. The Morgan fingerprint density at radius 3 is 2.59 bits per heavy atom. The van der Waals surface area contributed by atoms with E-state index in [0.717, 1.165) is 5.56 Å². The number of rotatable bonds is 5. The van der Waals surface area contributed by atoms with Crippen molar-refractivity contribution in [2.45, 2.75) is 18.1 Å². The molecule has 5 N–H and O–H groups in total. The number of aliphatic hydroxyl groups is 1. The van der Waals surface area contributed by atoms with Crippen molar-refractivity contribution in [1.82, 2.24) is 15.8 Å². The van der Waals surface area contributed by atoms with E-state index in [-0.39, 0.29) is 48.3 Å². The van der Waals surface area contributed by atoms with Crippen LogP contribution in [0.3, 0.4) is 0 Å². The highest BCUT2D eigenvalue weighted by Crippen LogP contribution is 2.50. The van der Waals surface area contributed by atoms with Crippen molar-refractivity contribution < 1.29 is 24.9 Å². The number of benzene rings is 2. The van der Waals surface area contributed by atoms with Gasteiger partial charge in [-0.3, -0.25) is 4.79 Å². The molecule has 4 rings (SSSR count). The fourth-order valence-corrected chi connectivity index (χ4v) is 4.85. The van der Waals surface area contributed by atoms with E-state index in [1.165, 1.54) is 7.11 Å². The average molecular weight is 464 g/mol. The summed E-state index contributed by atoms with van der Waals surface area (Å²) >= 11 is 3.35. The monoisotopic (exact) mass is 463 g/mol. The van der Waals surface area contributed by atoms with Crippen LogP contribution < -0.4 is 15.6 Å². The van der Waals surface area contributed by atoms with Crippen LogP contribution in [0, 0.1) is 5.92 Å². The molecule has 2 aliphatic rings. The van der Waals surface area contributed by atoms with Crippen LogP contribution in [0.2, 0.25) is 0 Å². The van der Waals surface area contributed by atoms with E-state index in [4.69, 9.17) is 4.74 Å². The number of hydrogen-bond acceptors (Lipinski definition) is 7. The fourth-order valence-electron chi connectivity index (χ4n) is 4.39. The number of para-hydroxylation sites is 1. The number of aliphatic hydroxyl groups excluding tert-OH is 1. The Balaban J connectivity index is 1.83. The van der Waals surface area contributed by atoms with E-state index < -0.39 is 12.1 Å². The van der Waals surface area contributed by atoms with Crippen molar-refractivity contribution >= 4 is 21.8 Å². The van der Waals surface area contributed by atoms with Gasteiger partial charge < -0.3 is 25.0 Å². The third kappa shape index (κ3) is 3.24. The maximum atomic E-state index is 13.1. The Kier molecular flexibility index (Phi) is 5.39. The van der Waals surface area contributed by atoms with Crippen molar-refractivity contribution in [2.75, 3.05) is 20.3 Å². The molecule has 0 radical (unpaired) electrons. The number of aromatic hydroxyl groups is 2. The lowest BCUT2D eigenvalue weighted by molar-refractivity contribution is -0.131. The number of ether oxygens (including phenoxy) is 1. The number of carbonyl (C=O) groups excluding carboxylic acids is 1. The highest BCUT2D eigenvalue weighted by molar-refractivity contribution is 9.10. The smallest absolute Gasteiger partial charge is 0.242 e. The summed E-state index contributed by atoms with van der Waals surface area (Å²) in [6.45, 7) is -0.000761. The van der Waals surface area contributed by atoms with E-state index in [2.05, 4.69) is 26.8 Å². The molecule has 29 heavy (non-hydrogen) atoms. The van der Waals surface area contributed by atoms with E-state index in [1.54, 1.807) is 29.2 Å². The quantitative estimate of drug-likeness (QED) is 0.457. The number of hydrazine groups is 1. The number of hydrogen-bond donors (Lipinski definition) is 5. The number of halogens is 1. The molecule has 1 amide bonds. The van der Waals surface area contributed by atoms with Gasteiger partial charge in [0.25, 0.3) is 0 Å².